The van der Waals surface area contributed by atoms with Gasteiger partial charge in [-0.3, -0.25) is 4.90 Å². The first kappa shape index (κ1) is 20.1. The van der Waals surface area contributed by atoms with Crippen LogP contribution in [0.3, 0.4) is 0 Å². The van der Waals surface area contributed by atoms with Crippen molar-refractivity contribution in [3.63, 3.8) is 0 Å². The smallest absolute Gasteiger partial charge is 0.399 e. The number of hydrogen-bond acceptors (Lipinski definition) is 3. The zero-order chi connectivity index (χ0) is 19.8. The van der Waals surface area contributed by atoms with Gasteiger partial charge in [0.15, 0.2) is 0 Å². The Morgan fingerprint density at radius 1 is 0.857 bits per heavy atom. The van der Waals surface area contributed by atoms with Crippen molar-refractivity contribution in [1.82, 2.24) is 4.90 Å². The van der Waals surface area contributed by atoms with Gasteiger partial charge in [0.05, 0.1) is 11.2 Å². The molecular formula is C23H31BNO2P. The molecule has 2 fully saturated rings. The Hall–Kier alpha value is -1.19. The highest BCUT2D eigenvalue weighted by atomic mass is 31.1. The van der Waals surface area contributed by atoms with Crippen molar-refractivity contribution in [2.45, 2.75) is 45.4 Å². The van der Waals surface area contributed by atoms with E-state index in [0.717, 1.165) is 12.0 Å². The normalized spacial score (nSPS) is 22.5. The summed E-state index contributed by atoms with van der Waals surface area (Å²) in [5.41, 5.74) is 1.97. The van der Waals surface area contributed by atoms with E-state index < -0.39 is 0 Å². The van der Waals surface area contributed by atoms with Crippen LogP contribution in [0.4, 0.5) is 0 Å². The zero-order valence-corrected chi connectivity index (χ0v) is 18.4. The zero-order valence-electron chi connectivity index (χ0n) is 17.5. The van der Waals surface area contributed by atoms with Gasteiger partial charge in [-0.05, 0) is 56.3 Å². The quantitative estimate of drug-likeness (QED) is 0.583. The molecule has 0 N–H and O–H groups in total. The van der Waals surface area contributed by atoms with Crippen LogP contribution in [0, 0.1) is 0 Å². The van der Waals surface area contributed by atoms with E-state index in [-0.39, 0.29) is 26.2 Å². The van der Waals surface area contributed by atoms with E-state index in [1.807, 2.05) is 0 Å². The van der Waals surface area contributed by atoms with Crippen LogP contribution in [0.5, 0.6) is 0 Å². The average Bonchev–Trinajstić information content (AvgIpc) is 2.91. The predicted molar refractivity (Wildman–Crippen MR) is 120 cm³/mol. The van der Waals surface area contributed by atoms with Gasteiger partial charge in [-0.1, -0.05) is 62.5 Å². The van der Waals surface area contributed by atoms with E-state index in [4.69, 9.17) is 9.31 Å². The molecule has 2 aromatic rings. The number of benzene rings is 2. The van der Waals surface area contributed by atoms with E-state index >= 15 is 0 Å². The third kappa shape index (κ3) is 4.21. The van der Waals surface area contributed by atoms with Crippen molar-refractivity contribution in [3.8, 4) is 0 Å². The molecule has 148 valence electrons. The minimum absolute atomic E-state index is 0.0539. The molecule has 0 spiro atoms. The first-order chi connectivity index (χ1) is 13.3. The maximum atomic E-state index is 6.18. The lowest BCUT2D eigenvalue weighted by Crippen LogP contribution is -2.41. The van der Waals surface area contributed by atoms with E-state index in [1.54, 1.807) is 0 Å². The van der Waals surface area contributed by atoms with Crippen LogP contribution in [0.2, 0.25) is 0 Å². The molecule has 0 saturated carbocycles. The monoisotopic (exact) mass is 395 g/mol. The van der Waals surface area contributed by atoms with Crippen molar-refractivity contribution in [1.29, 1.82) is 0 Å². The second-order valence-corrected chi connectivity index (χ2v) is 11.4. The Kier molecular flexibility index (Phi) is 5.68. The van der Waals surface area contributed by atoms with Crippen molar-refractivity contribution in [2.24, 2.45) is 0 Å². The third-order valence-corrected chi connectivity index (χ3v) is 8.91. The molecule has 0 bridgehead atoms. The highest BCUT2D eigenvalue weighted by molar-refractivity contribution is 7.65. The summed E-state index contributed by atoms with van der Waals surface area (Å²) in [7, 11) is -0.318. The van der Waals surface area contributed by atoms with Crippen LogP contribution in [0.1, 0.15) is 33.3 Å². The fraction of sp³-hybridized carbons (Fsp3) is 0.478. The summed E-state index contributed by atoms with van der Waals surface area (Å²) >= 11 is 0. The van der Waals surface area contributed by atoms with Crippen LogP contribution in [-0.4, -0.2) is 48.6 Å². The molecule has 5 heteroatoms. The van der Waals surface area contributed by atoms with Crippen LogP contribution in [0.25, 0.3) is 0 Å². The lowest BCUT2D eigenvalue weighted by Gasteiger charge is -2.32. The van der Waals surface area contributed by atoms with Crippen LogP contribution < -0.4 is 10.8 Å². The largest absolute Gasteiger partial charge is 0.494 e. The second-order valence-electron chi connectivity index (χ2n) is 8.93. The van der Waals surface area contributed by atoms with Gasteiger partial charge in [-0.25, -0.2) is 0 Å². The van der Waals surface area contributed by atoms with Gasteiger partial charge in [0.25, 0.3) is 0 Å². The molecule has 2 aliphatic heterocycles. The molecule has 0 atom stereocenters. The SMILES string of the molecule is CC1(C)OB(c2ccc(P3CCN(Cc4ccccc4)CC3)cc2)OC1(C)C. The predicted octanol–water partition coefficient (Wildman–Crippen LogP) is 3.61. The Labute approximate surface area is 171 Å². The molecule has 3 nitrogen and oxygen atoms in total. The van der Waals surface area contributed by atoms with Crippen molar-refractivity contribution >= 4 is 25.8 Å². The molecule has 0 radical (unpaired) electrons. The number of nitrogens with zero attached hydrogens (tertiary/aromatic N) is 1. The first-order valence-electron chi connectivity index (χ1n) is 10.3. The van der Waals surface area contributed by atoms with E-state index in [1.165, 1.54) is 36.3 Å². The minimum atomic E-state index is -0.286. The topological polar surface area (TPSA) is 21.7 Å². The summed E-state index contributed by atoms with van der Waals surface area (Å²) in [6.45, 7) is 11.9. The van der Waals surface area contributed by atoms with E-state index in [2.05, 4.69) is 87.2 Å². The highest BCUT2D eigenvalue weighted by Gasteiger charge is 2.51. The fourth-order valence-electron chi connectivity index (χ4n) is 3.83. The summed E-state index contributed by atoms with van der Waals surface area (Å²) in [5, 5.41) is 1.51. The van der Waals surface area contributed by atoms with Gasteiger partial charge in [0.1, 0.15) is 0 Å². The Balaban J connectivity index is 1.34. The summed E-state index contributed by atoms with van der Waals surface area (Å²) in [6, 6.07) is 19.8. The van der Waals surface area contributed by atoms with Gasteiger partial charge in [-0.15, -0.1) is 0 Å². The third-order valence-electron chi connectivity index (χ3n) is 6.40. The van der Waals surface area contributed by atoms with Gasteiger partial charge in [0, 0.05) is 19.6 Å². The van der Waals surface area contributed by atoms with E-state index in [9.17, 15) is 0 Å². The average molecular weight is 395 g/mol. The van der Waals surface area contributed by atoms with Gasteiger partial charge in [0.2, 0.25) is 0 Å². The van der Waals surface area contributed by atoms with Crippen LogP contribution in [-0.2, 0) is 15.9 Å². The van der Waals surface area contributed by atoms with Crippen LogP contribution >= 0.6 is 7.92 Å². The number of hydrogen-bond donors (Lipinski definition) is 0. The Bertz CT molecular complexity index is 770. The second kappa shape index (κ2) is 7.92. The lowest BCUT2D eigenvalue weighted by molar-refractivity contribution is 0.00578. The molecule has 0 aromatic heterocycles. The van der Waals surface area contributed by atoms with Crippen molar-refractivity contribution < 1.29 is 9.31 Å². The summed E-state index contributed by atoms with van der Waals surface area (Å²) < 4.78 is 12.4. The van der Waals surface area contributed by atoms with Crippen molar-refractivity contribution in [2.75, 3.05) is 25.4 Å². The molecule has 4 rings (SSSR count). The van der Waals surface area contributed by atoms with Gasteiger partial charge in [-0.2, -0.15) is 0 Å². The maximum Gasteiger partial charge on any atom is 0.494 e. The van der Waals surface area contributed by atoms with Crippen molar-refractivity contribution in [3.05, 3.63) is 60.2 Å². The summed E-state index contributed by atoms with van der Waals surface area (Å²) in [6.07, 6.45) is 2.58. The number of rotatable bonds is 4. The molecule has 2 aromatic carbocycles. The molecule has 0 aliphatic carbocycles. The first-order valence-corrected chi connectivity index (χ1v) is 12.0. The molecule has 0 unspecified atom stereocenters. The molecule has 2 heterocycles. The van der Waals surface area contributed by atoms with E-state index in [0.29, 0.717) is 0 Å². The molecular weight excluding hydrogens is 364 g/mol. The molecule has 2 saturated heterocycles. The minimum Gasteiger partial charge on any atom is -0.399 e. The summed E-state index contributed by atoms with van der Waals surface area (Å²) in [4.78, 5) is 2.59. The molecule has 2 aliphatic rings. The highest BCUT2D eigenvalue weighted by Crippen LogP contribution is 2.38. The molecule has 0 amide bonds. The Morgan fingerprint density at radius 3 is 2.00 bits per heavy atom. The van der Waals surface area contributed by atoms with Gasteiger partial charge >= 0.3 is 7.12 Å². The maximum absolute atomic E-state index is 6.18. The fourth-order valence-corrected chi connectivity index (χ4v) is 6.19. The van der Waals surface area contributed by atoms with Gasteiger partial charge < -0.3 is 9.31 Å². The lowest BCUT2D eigenvalue weighted by atomic mass is 9.79. The Morgan fingerprint density at radius 2 is 1.43 bits per heavy atom. The molecule has 28 heavy (non-hydrogen) atoms. The summed E-state index contributed by atoms with van der Waals surface area (Å²) in [5.74, 6) is 0. The van der Waals surface area contributed by atoms with Crippen LogP contribution in [0.15, 0.2) is 54.6 Å². The standard InChI is InChI=1S/C23H31BNO2P/c1-22(2)23(3,4)27-24(26-22)20-10-12-21(13-11-20)28-16-14-25(15-17-28)18-19-8-6-5-7-9-19/h5-13H,14-18H2,1-4H3.